The number of nitrogens with one attached hydrogen (secondary N) is 3. The van der Waals surface area contributed by atoms with Crippen molar-refractivity contribution in [2.75, 3.05) is 5.32 Å². The molecule has 9 heteroatoms. The van der Waals surface area contributed by atoms with Crippen LogP contribution in [0.5, 0.6) is 5.75 Å². The number of halogens is 1. The number of carbonyl (C=O) groups is 1. The van der Waals surface area contributed by atoms with Crippen LogP contribution in [0.3, 0.4) is 0 Å². The van der Waals surface area contributed by atoms with Gasteiger partial charge in [0.05, 0.1) is 11.1 Å². The Morgan fingerprint density at radius 3 is 2.75 bits per heavy atom. The van der Waals surface area contributed by atoms with Crippen LogP contribution in [0, 0.1) is 0 Å². The van der Waals surface area contributed by atoms with Crippen LogP contribution >= 0.6 is 11.6 Å². The van der Waals surface area contributed by atoms with Gasteiger partial charge in [0.25, 0.3) is 0 Å². The number of tetrazole rings is 1. The lowest BCUT2D eigenvalue weighted by molar-refractivity contribution is 0.175. The van der Waals surface area contributed by atoms with E-state index in [1.165, 1.54) is 0 Å². The molecule has 24 heavy (non-hydrogen) atoms. The lowest BCUT2D eigenvalue weighted by atomic mass is 9.76. The van der Waals surface area contributed by atoms with Crippen LogP contribution in [0.4, 0.5) is 10.5 Å². The number of benzene rings is 1. The molecule has 8 nitrogen and oxygen atoms in total. The summed E-state index contributed by atoms with van der Waals surface area (Å²) in [6.07, 6.45) is 2.59. The van der Waals surface area contributed by atoms with Crippen LogP contribution in [0.1, 0.15) is 38.9 Å². The highest BCUT2D eigenvalue weighted by Gasteiger charge is 2.43. The smallest absolute Gasteiger partial charge is 0.320 e. The molecule has 1 aromatic carbocycles. The Bertz CT molecular complexity index is 715. The Hall–Kier alpha value is -2.35. The van der Waals surface area contributed by atoms with Crippen molar-refractivity contribution in [3.05, 3.63) is 29.0 Å². The first-order chi connectivity index (χ1) is 11.5. The highest BCUT2D eigenvalue weighted by molar-refractivity contribution is 6.32. The Labute approximate surface area is 144 Å². The van der Waals surface area contributed by atoms with Gasteiger partial charge in [-0.15, -0.1) is 10.2 Å². The first kappa shape index (κ1) is 16.5. The molecule has 0 radical (unpaired) electrons. The Morgan fingerprint density at radius 2 is 2.21 bits per heavy atom. The number of nitrogens with zero attached hydrogens (tertiary/aromatic N) is 3. The van der Waals surface area contributed by atoms with Gasteiger partial charge in [-0.1, -0.05) is 16.8 Å². The summed E-state index contributed by atoms with van der Waals surface area (Å²) in [6.45, 7) is 3.85. The van der Waals surface area contributed by atoms with Crippen molar-refractivity contribution in [3.63, 3.8) is 0 Å². The fourth-order valence-corrected chi connectivity index (χ4v) is 2.83. The second kappa shape index (κ2) is 6.64. The molecule has 0 atom stereocenters. The zero-order valence-electron chi connectivity index (χ0n) is 13.5. The highest BCUT2D eigenvalue weighted by Crippen LogP contribution is 2.39. The molecule has 3 N–H and O–H groups in total. The third kappa shape index (κ3) is 3.43. The van der Waals surface area contributed by atoms with E-state index in [9.17, 15) is 4.79 Å². The maximum atomic E-state index is 12.3. The molecule has 2 aromatic rings. The second-order valence-electron chi connectivity index (χ2n) is 6.06. The molecular formula is C15H19ClN6O2. The number of aromatic amines is 1. The molecule has 128 valence electrons. The van der Waals surface area contributed by atoms with E-state index in [4.69, 9.17) is 16.3 Å². The van der Waals surface area contributed by atoms with Gasteiger partial charge in [-0.25, -0.2) is 4.79 Å². The molecule has 2 amide bonds. The second-order valence-corrected chi connectivity index (χ2v) is 6.47. The van der Waals surface area contributed by atoms with Crippen LogP contribution in [-0.2, 0) is 5.54 Å². The van der Waals surface area contributed by atoms with Gasteiger partial charge in [-0.2, -0.15) is 5.21 Å². The minimum Gasteiger partial charge on any atom is -0.489 e. The summed E-state index contributed by atoms with van der Waals surface area (Å²) >= 11 is 6.18. The van der Waals surface area contributed by atoms with Gasteiger partial charge in [-0.05, 0) is 51.3 Å². The molecule has 1 saturated carbocycles. The summed E-state index contributed by atoms with van der Waals surface area (Å²) in [5, 5.41) is 20.1. The number of amides is 2. The zero-order chi connectivity index (χ0) is 17.2. The summed E-state index contributed by atoms with van der Waals surface area (Å²) in [7, 11) is 0. The van der Waals surface area contributed by atoms with E-state index in [1.54, 1.807) is 18.2 Å². The van der Waals surface area contributed by atoms with Crippen molar-refractivity contribution in [3.8, 4) is 5.75 Å². The summed E-state index contributed by atoms with van der Waals surface area (Å²) in [4.78, 5) is 12.3. The number of hydrogen-bond acceptors (Lipinski definition) is 5. The van der Waals surface area contributed by atoms with Crippen LogP contribution < -0.4 is 15.4 Å². The van der Waals surface area contributed by atoms with Gasteiger partial charge >= 0.3 is 6.03 Å². The Balaban J connectivity index is 1.66. The van der Waals surface area contributed by atoms with Gasteiger partial charge in [0.2, 0.25) is 0 Å². The summed E-state index contributed by atoms with van der Waals surface area (Å²) < 4.78 is 5.57. The summed E-state index contributed by atoms with van der Waals surface area (Å²) in [5.41, 5.74) is 0.0258. The quantitative estimate of drug-likeness (QED) is 0.769. The number of rotatable bonds is 5. The summed E-state index contributed by atoms with van der Waals surface area (Å²) in [5.74, 6) is 1.09. The van der Waals surface area contributed by atoms with Crippen LogP contribution in [0.25, 0.3) is 0 Å². The number of H-pyrrole nitrogens is 1. The fraction of sp³-hybridized carbons (Fsp3) is 0.467. The van der Waals surface area contributed by atoms with E-state index < -0.39 is 5.54 Å². The van der Waals surface area contributed by atoms with Gasteiger partial charge in [0.1, 0.15) is 11.3 Å². The number of aromatic nitrogens is 4. The SMILES string of the molecule is CC(C)Oc1ccc(NC(=O)NC2(c3nn[nH]n3)CCC2)cc1Cl. The fourth-order valence-electron chi connectivity index (χ4n) is 2.61. The first-order valence-electron chi connectivity index (χ1n) is 7.78. The number of ether oxygens (including phenoxy) is 1. The average Bonchev–Trinajstić information content (AvgIpc) is 3.00. The molecule has 0 unspecified atom stereocenters. The van der Waals surface area contributed by atoms with Crippen molar-refractivity contribution < 1.29 is 9.53 Å². The van der Waals surface area contributed by atoms with Crippen LogP contribution in [0.15, 0.2) is 18.2 Å². The van der Waals surface area contributed by atoms with Crippen LogP contribution in [-0.4, -0.2) is 32.8 Å². The zero-order valence-corrected chi connectivity index (χ0v) is 14.2. The van der Waals surface area contributed by atoms with E-state index in [0.717, 1.165) is 19.3 Å². The van der Waals surface area contributed by atoms with Gasteiger partial charge < -0.3 is 15.4 Å². The lowest BCUT2D eigenvalue weighted by Crippen LogP contribution is -2.52. The predicted molar refractivity (Wildman–Crippen MR) is 89.1 cm³/mol. The molecule has 1 fully saturated rings. The third-order valence-electron chi connectivity index (χ3n) is 3.89. The van der Waals surface area contributed by atoms with Crippen molar-refractivity contribution in [2.45, 2.75) is 44.8 Å². The molecule has 0 aliphatic heterocycles. The maximum absolute atomic E-state index is 12.3. The molecular weight excluding hydrogens is 332 g/mol. The van der Waals surface area contributed by atoms with Crippen LogP contribution in [0.2, 0.25) is 5.02 Å². The normalized spacial score (nSPS) is 15.7. The minimum atomic E-state index is -0.554. The molecule has 0 saturated heterocycles. The van der Waals surface area contributed by atoms with Crippen molar-refractivity contribution >= 4 is 23.3 Å². The van der Waals surface area contributed by atoms with E-state index >= 15 is 0 Å². The van der Waals surface area contributed by atoms with E-state index in [2.05, 4.69) is 31.3 Å². The van der Waals surface area contributed by atoms with Gasteiger partial charge in [0.15, 0.2) is 5.82 Å². The van der Waals surface area contributed by atoms with Crippen molar-refractivity contribution in [1.82, 2.24) is 25.9 Å². The van der Waals surface area contributed by atoms with E-state index in [0.29, 0.717) is 22.3 Å². The molecule has 3 rings (SSSR count). The molecule has 0 spiro atoms. The average molecular weight is 351 g/mol. The number of hydrogen-bond donors (Lipinski definition) is 3. The van der Waals surface area contributed by atoms with E-state index in [-0.39, 0.29) is 12.1 Å². The minimum absolute atomic E-state index is 0.0260. The Morgan fingerprint density at radius 1 is 1.42 bits per heavy atom. The monoisotopic (exact) mass is 350 g/mol. The first-order valence-corrected chi connectivity index (χ1v) is 8.16. The number of anilines is 1. The molecule has 1 aliphatic carbocycles. The Kier molecular flexibility index (Phi) is 4.57. The topological polar surface area (TPSA) is 105 Å². The molecule has 0 bridgehead atoms. The summed E-state index contributed by atoms with van der Waals surface area (Å²) in [6, 6.07) is 4.79. The van der Waals surface area contributed by atoms with E-state index in [1.807, 2.05) is 13.8 Å². The van der Waals surface area contributed by atoms with Crippen molar-refractivity contribution in [1.29, 1.82) is 0 Å². The third-order valence-corrected chi connectivity index (χ3v) is 4.18. The number of urea groups is 1. The maximum Gasteiger partial charge on any atom is 0.320 e. The molecule has 1 aliphatic rings. The van der Waals surface area contributed by atoms with Crippen molar-refractivity contribution in [2.24, 2.45) is 0 Å². The lowest BCUT2D eigenvalue weighted by Gasteiger charge is -2.39. The standard InChI is InChI=1S/C15H19ClN6O2/c1-9(2)24-12-5-4-10(8-11(12)16)17-14(23)18-15(6-3-7-15)13-19-21-22-20-13/h4-5,8-9H,3,6-7H2,1-2H3,(H2,17,18,23)(H,19,20,21,22). The largest absolute Gasteiger partial charge is 0.489 e. The molecule has 1 heterocycles. The van der Waals surface area contributed by atoms with Gasteiger partial charge in [-0.3, -0.25) is 0 Å². The number of carbonyl (C=O) groups excluding carboxylic acids is 1. The highest BCUT2D eigenvalue weighted by atomic mass is 35.5. The molecule has 1 aromatic heterocycles. The predicted octanol–water partition coefficient (Wildman–Crippen LogP) is 2.84. The van der Waals surface area contributed by atoms with Gasteiger partial charge in [0, 0.05) is 5.69 Å².